The van der Waals surface area contributed by atoms with Crippen molar-refractivity contribution in [2.75, 3.05) is 30.2 Å². The third-order valence-electron chi connectivity index (χ3n) is 5.57. The van der Waals surface area contributed by atoms with Crippen LogP contribution in [-0.2, 0) is 19.4 Å². The largest absolute Gasteiger partial charge is 0.497 e. The number of nitrogens with one attached hydrogen (secondary N) is 2. The fraction of sp³-hybridized carbons (Fsp3) is 0.269. The average molecular weight is 608 g/mol. The maximum Gasteiger partial charge on any atom is 0.303 e. The van der Waals surface area contributed by atoms with Crippen molar-refractivity contribution in [2.45, 2.75) is 33.8 Å². The molecule has 0 aliphatic rings. The number of carbonyl (C=O) groups excluding carboxylic acids is 1. The van der Waals surface area contributed by atoms with Gasteiger partial charge in [0.05, 0.1) is 37.4 Å². The molecular formula is C26H29N3O6S4. The summed E-state index contributed by atoms with van der Waals surface area (Å²) in [5, 5.41) is 19.4. The molecule has 0 saturated heterocycles. The van der Waals surface area contributed by atoms with Crippen LogP contribution in [0.1, 0.15) is 23.3 Å². The molecule has 9 nitrogen and oxygen atoms in total. The number of ether oxygens (including phenoxy) is 1. The number of methoxy groups -OCH3 is 1. The third kappa shape index (κ3) is 7.56. The number of carbonyl (C=O) groups is 2. The minimum Gasteiger partial charge on any atom is -0.497 e. The predicted molar refractivity (Wildman–Crippen MR) is 159 cm³/mol. The second-order valence-electron chi connectivity index (χ2n) is 8.38. The summed E-state index contributed by atoms with van der Waals surface area (Å²) in [5.74, 6) is -0.131. The number of thiophene rings is 1. The molecule has 3 rings (SSSR count). The fourth-order valence-electron chi connectivity index (χ4n) is 3.80. The molecular weight excluding hydrogens is 579 g/mol. The van der Waals surface area contributed by atoms with E-state index in [9.17, 15) is 18.0 Å². The number of sulfone groups is 1. The van der Waals surface area contributed by atoms with Gasteiger partial charge in [-0.2, -0.15) is 11.8 Å². The lowest BCUT2D eigenvalue weighted by molar-refractivity contribution is -0.137. The zero-order chi connectivity index (χ0) is 28.7. The van der Waals surface area contributed by atoms with Crippen LogP contribution in [0.5, 0.6) is 5.75 Å². The first-order chi connectivity index (χ1) is 18.5. The number of aryl methyl sites for hydroxylation is 1. The fourth-order valence-corrected chi connectivity index (χ4v) is 8.45. The van der Waals surface area contributed by atoms with E-state index in [1.807, 2.05) is 6.92 Å². The number of hydrogen-bond donors (Lipinski definition) is 4. The van der Waals surface area contributed by atoms with Crippen LogP contribution in [0, 0.1) is 12.3 Å². The van der Waals surface area contributed by atoms with Gasteiger partial charge in [0.1, 0.15) is 11.6 Å². The minimum absolute atomic E-state index is 0.0486. The van der Waals surface area contributed by atoms with E-state index in [-0.39, 0.29) is 33.7 Å². The number of anilines is 1. The number of aliphatic carboxylic acids is 1. The molecule has 0 saturated carbocycles. The maximum absolute atomic E-state index is 13.6. The zero-order valence-corrected chi connectivity index (χ0v) is 24.8. The maximum atomic E-state index is 13.6. The first-order valence-electron chi connectivity index (χ1n) is 11.6. The Hall–Kier alpha value is -3.00. The standard InChI is InChI=1S/C26H29N3O6S4/c1-15-10-17(35-2)12-19(29-22(30)14-37-9-5-8-23(31)32)24(15)16-6-4-7-18(11-16)39(33,34)21-13-20(25(27)28)38-26(21)36-3/h4,6-7,10-13H,5,8-9,14H2,1-3H3,(H3,27,28)(H,29,30)(H,31,32). The first-order valence-corrected chi connectivity index (χ1v) is 16.3. The number of carboxylic acid groups (broad SMARTS) is 1. The lowest BCUT2D eigenvalue weighted by Gasteiger charge is -2.17. The Morgan fingerprint density at radius 3 is 2.59 bits per heavy atom. The second kappa shape index (κ2) is 13.4. The molecule has 0 aliphatic carbocycles. The second-order valence-corrected chi connectivity index (χ2v) is 13.5. The van der Waals surface area contributed by atoms with Crippen molar-refractivity contribution >= 4 is 68.1 Å². The monoisotopic (exact) mass is 607 g/mol. The molecule has 208 valence electrons. The molecule has 1 amide bonds. The van der Waals surface area contributed by atoms with Crippen LogP contribution in [0.4, 0.5) is 5.69 Å². The zero-order valence-electron chi connectivity index (χ0n) is 21.6. The molecule has 0 radical (unpaired) electrons. The number of hydrogen-bond acceptors (Lipinski definition) is 9. The van der Waals surface area contributed by atoms with Crippen molar-refractivity contribution < 1.29 is 27.9 Å². The Morgan fingerprint density at radius 1 is 1.21 bits per heavy atom. The van der Waals surface area contributed by atoms with Gasteiger partial charge in [0.2, 0.25) is 15.7 Å². The number of nitrogens with two attached hydrogens (primary N) is 1. The summed E-state index contributed by atoms with van der Waals surface area (Å²) in [5.41, 5.74) is 8.09. The quantitative estimate of drug-likeness (QED) is 0.0896. The van der Waals surface area contributed by atoms with Gasteiger partial charge in [-0.05, 0) is 60.7 Å². The molecule has 13 heteroatoms. The van der Waals surface area contributed by atoms with Gasteiger partial charge in [-0.25, -0.2) is 8.42 Å². The molecule has 1 heterocycles. The van der Waals surface area contributed by atoms with E-state index in [0.29, 0.717) is 43.8 Å². The molecule has 3 aromatic rings. The molecule has 39 heavy (non-hydrogen) atoms. The summed E-state index contributed by atoms with van der Waals surface area (Å²) in [4.78, 5) is 24.0. The van der Waals surface area contributed by atoms with Gasteiger partial charge >= 0.3 is 5.97 Å². The highest BCUT2D eigenvalue weighted by atomic mass is 32.2. The van der Waals surface area contributed by atoms with Crippen LogP contribution in [0.2, 0.25) is 0 Å². The lowest BCUT2D eigenvalue weighted by atomic mass is 9.98. The number of benzene rings is 2. The smallest absolute Gasteiger partial charge is 0.303 e. The van der Waals surface area contributed by atoms with Crippen LogP contribution in [0.25, 0.3) is 11.1 Å². The normalized spacial score (nSPS) is 11.3. The highest BCUT2D eigenvalue weighted by molar-refractivity contribution is 8.01. The van der Waals surface area contributed by atoms with Gasteiger partial charge in [0.15, 0.2) is 0 Å². The third-order valence-corrected chi connectivity index (χ3v) is 11.0. The Bertz CT molecular complexity index is 1500. The average Bonchev–Trinajstić information content (AvgIpc) is 3.34. The molecule has 5 N–H and O–H groups in total. The summed E-state index contributed by atoms with van der Waals surface area (Å²) >= 11 is 3.77. The van der Waals surface area contributed by atoms with E-state index in [1.54, 1.807) is 36.6 Å². The van der Waals surface area contributed by atoms with Crippen molar-refractivity contribution in [1.82, 2.24) is 0 Å². The van der Waals surface area contributed by atoms with Crippen LogP contribution in [-0.4, -0.2) is 56.1 Å². The van der Waals surface area contributed by atoms with Crippen molar-refractivity contribution in [1.29, 1.82) is 5.41 Å². The summed E-state index contributed by atoms with van der Waals surface area (Å²) in [7, 11) is -2.41. The number of amides is 1. The number of amidine groups is 1. The Labute approximate surface area is 240 Å². The topological polar surface area (TPSA) is 160 Å². The van der Waals surface area contributed by atoms with Gasteiger partial charge in [-0.1, -0.05) is 12.1 Å². The van der Waals surface area contributed by atoms with Crippen LogP contribution >= 0.6 is 34.9 Å². The van der Waals surface area contributed by atoms with Crippen molar-refractivity contribution in [3.63, 3.8) is 0 Å². The van der Waals surface area contributed by atoms with Crippen molar-refractivity contribution in [2.24, 2.45) is 5.73 Å². The molecule has 2 aromatic carbocycles. The number of carboxylic acids is 1. The lowest BCUT2D eigenvalue weighted by Crippen LogP contribution is -2.15. The first kappa shape index (κ1) is 30.5. The highest BCUT2D eigenvalue weighted by Gasteiger charge is 2.26. The van der Waals surface area contributed by atoms with Crippen LogP contribution < -0.4 is 15.8 Å². The van der Waals surface area contributed by atoms with E-state index in [2.05, 4.69) is 5.32 Å². The van der Waals surface area contributed by atoms with Gasteiger partial charge in [-0.15, -0.1) is 23.1 Å². The van der Waals surface area contributed by atoms with Gasteiger partial charge in [0.25, 0.3) is 0 Å². The van der Waals surface area contributed by atoms with E-state index in [0.717, 1.165) is 16.9 Å². The van der Waals surface area contributed by atoms with Crippen LogP contribution in [0.3, 0.4) is 0 Å². The molecule has 0 atom stereocenters. The summed E-state index contributed by atoms with van der Waals surface area (Å²) in [6.07, 6.45) is 2.28. The molecule has 0 bridgehead atoms. The van der Waals surface area contributed by atoms with E-state index in [4.69, 9.17) is 21.0 Å². The summed E-state index contributed by atoms with van der Waals surface area (Å²) in [6, 6.07) is 11.4. The van der Waals surface area contributed by atoms with Gasteiger partial charge in [-0.3, -0.25) is 15.0 Å². The molecule has 1 aromatic heterocycles. The number of nitrogen functional groups attached to an aromatic ring is 1. The van der Waals surface area contributed by atoms with Gasteiger partial charge < -0.3 is 20.9 Å². The molecule has 0 unspecified atom stereocenters. The molecule has 0 spiro atoms. The van der Waals surface area contributed by atoms with E-state index in [1.165, 1.54) is 42.8 Å². The SMILES string of the molecule is COc1cc(C)c(-c2cccc(S(=O)(=O)c3cc(C(=N)N)sc3SC)c2)c(NC(=O)CSCCCC(=O)O)c1. The summed E-state index contributed by atoms with van der Waals surface area (Å²) < 4.78 is 33.2. The van der Waals surface area contributed by atoms with Crippen molar-refractivity contribution in [3.05, 3.63) is 52.9 Å². The Kier molecular flexibility index (Phi) is 10.5. The van der Waals surface area contributed by atoms with Crippen LogP contribution in [0.15, 0.2) is 56.5 Å². The molecule has 0 fully saturated rings. The number of rotatable bonds is 13. The molecule has 0 aliphatic heterocycles. The van der Waals surface area contributed by atoms with E-state index >= 15 is 0 Å². The van der Waals surface area contributed by atoms with Gasteiger partial charge in [0, 0.05) is 18.1 Å². The number of thioether (sulfide) groups is 2. The Morgan fingerprint density at radius 2 is 1.95 bits per heavy atom. The predicted octanol–water partition coefficient (Wildman–Crippen LogP) is 5.11. The van der Waals surface area contributed by atoms with Crippen molar-refractivity contribution in [3.8, 4) is 16.9 Å². The van der Waals surface area contributed by atoms with E-state index < -0.39 is 15.8 Å². The Balaban J connectivity index is 1.97. The minimum atomic E-state index is -3.93. The highest BCUT2D eigenvalue weighted by Crippen LogP contribution is 2.40. The summed E-state index contributed by atoms with van der Waals surface area (Å²) in [6.45, 7) is 1.85.